The number of piperazine rings is 1. The van der Waals surface area contributed by atoms with Crippen molar-refractivity contribution in [2.45, 2.75) is 18.9 Å². The van der Waals surface area contributed by atoms with E-state index in [1.54, 1.807) is 24.4 Å². The molecule has 160 valence electrons. The number of fused-ring (bicyclic) bond motifs is 1. The van der Waals surface area contributed by atoms with Crippen molar-refractivity contribution in [3.63, 3.8) is 0 Å². The molecule has 0 bridgehead atoms. The predicted molar refractivity (Wildman–Crippen MR) is 115 cm³/mol. The van der Waals surface area contributed by atoms with E-state index in [4.69, 9.17) is 4.42 Å². The van der Waals surface area contributed by atoms with Crippen LogP contribution in [0, 0.1) is 5.82 Å². The normalized spacial score (nSPS) is 16.9. The number of halogens is 1. The molecule has 2 N–H and O–H groups in total. The van der Waals surface area contributed by atoms with E-state index >= 15 is 0 Å². The lowest BCUT2D eigenvalue weighted by molar-refractivity contribution is 0.0953. The third-order valence-electron chi connectivity index (χ3n) is 5.64. The summed E-state index contributed by atoms with van der Waals surface area (Å²) in [5.41, 5.74) is 2.92. The molecule has 0 radical (unpaired) electrons. The van der Waals surface area contributed by atoms with Gasteiger partial charge in [-0.2, -0.15) is 5.10 Å². The number of hydrogen-bond acceptors (Lipinski definition) is 6. The minimum atomic E-state index is -0.643. The Morgan fingerprint density at radius 1 is 1.29 bits per heavy atom. The van der Waals surface area contributed by atoms with Crippen LogP contribution in [0.1, 0.15) is 35.0 Å². The molecular formula is C22H22FN5O3. The molecule has 2 fully saturated rings. The molecule has 0 spiro atoms. The number of rotatable bonds is 5. The number of pyridine rings is 1. The zero-order valence-electron chi connectivity index (χ0n) is 16.8. The molecule has 0 unspecified atom stereocenters. The Balaban J connectivity index is 1.53. The molecule has 3 aromatic rings. The van der Waals surface area contributed by atoms with Gasteiger partial charge in [0.05, 0.1) is 23.7 Å². The molecule has 1 aliphatic carbocycles. The van der Waals surface area contributed by atoms with Gasteiger partial charge in [0.25, 0.3) is 5.91 Å². The van der Waals surface area contributed by atoms with Gasteiger partial charge in [-0.3, -0.25) is 9.59 Å². The van der Waals surface area contributed by atoms with Crippen LogP contribution in [0.4, 0.5) is 10.1 Å². The van der Waals surface area contributed by atoms with E-state index < -0.39 is 17.2 Å². The standard InChI is InChI=1S/C22H22FN5O3/c23-18-10-16-19(11-20(18)27-7-5-24-6-8-27)28(14-3-4-14)13-17(21(16)29)22(30)26-25-12-15-2-1-9-31-15/h1-2,9-14,24H,3-8H2,(H,26,30)/b25-12-. The highest BCUT2D eigenvalue weighted by Gasteiger charge is 2.28. The van der Waals surface area contributed by atoms with Crippen molar-refractivity contribution in [3.8, 4) is 0 Å². The molecular weight excluding hydrogens is 401 g/mol. The zero-order chi connectivity index (χ0) is 21.4. The van der Waals surface area contributed by atoms with E-state index in [1.165, 1.54) is 18.5 Å². The lowest BCUT2D eigenvalue weighted by atomic mass is 10.1. The highest BCUT2D eigenvalue weighted by Crippen LogP contribution is 2.38. The first-order valence-electron chi connectivity index (χ1n) is 10.3. The summed E-state index contributed by atoms with van der Waals surface area (Å²) in [7, 11) is 0. The monoisotopic (exact) mass is 423 g/mol. The summed E-state index contributed by atoms with van der Waals surface area (Å²) in [6.45, 7) is 2.96. The fourth-order valence-electron chi connectivity index (χ4n) is 3.90. The molecule has 1 aromatic carbocycles. The zero-order valence-corrected chi connectivity index (χ0v) is 16.8. The molecule has 8 nitrogen and oxygen atoms in total. The summed E-state index contributed by atoms with van der Waals surface area (Å²) in [6.07, 6.45) is 6.31. The van der Waals surface area contributed by atoms with Crippen LogP contribution in [-0.4, -0.2) is 42.9 Å². The van der Waals surface area contributed by atoms with Crippen molar-refractivity contribution in [2.75, 3.05) is 31.1 Å². The molecule has 1 saturated carbocycles. The second kappa shape index (κ2) is 7.99. The Morgan fingerprint density at radius 2 is 2.10 bits per heavy atom. The number of nitrogens with zero attached hydrogens (tertiary/aromatic N) is 3. The number of carbonyl (C=O) groups is 1. The van der Waals surface area contributed by atoms with Crippen LogP contribution in [0.2, 0.25) is 0 Å². The second-order valence-corrected chi connectivity index (χ2v) is 7.78. The summed E-state index contributed by atoms with van der Waals surface area (Å²) >= 11 is 0. The van der Waals surface area contributed by atoms with Crippen LogP contribution in [0.5, 0.6) is 0 Å². The molecule has 9 heteroatoms. The maximum Gasteiger partial charge on any atom is 0.276 e. The smallest absolute Gasteiger partial charge is 0.276 e. The molecule has 2 aromatic heterocycles. The first-order valence-corrected chi connectivity index (χ1v) is 10.3. The minimum Gasteiger partial charge on any atom is -0.463 e. The van der Waals surface area contributed by atoms with Crippen LogP contribution in [-0.2, 0) is 0 Å². The number of amides is 1. The fraction of sp³-hybridized carbons (Fsp3) is 0.318. The van der Waals surface area contributed by atoms with Crippen molar-refractivity contribution in [1.82, 2.24) is 15.3 Å². The van der Waals surface area contributed by atoms with Crippen LogP contribution in [0.15, 0.2) is 51.0 Å². The first-order chi connectivity index (χ1) is 15.1. The highest BCUT2D eigenvalue weighted by atomic mass is 19.1. The average molecular weight is 423 g/mol. The quantitative estimate of drug-likeness (QED) is 0.485. The minimum absolute atomic E-state index is 0.0645. The van der Waals surface area contributed by atoms with E-state index in [-0.39, 0.29) is 17.0 Å². The van der Waals surface area contributed by atoms with Gasteiger partial charge in [0.2, 0.25) is 5.43 Å². The largest absolute Gasteiger partial charge is 0.463 e. The van der Waals surface area contributed by atoms with E-state index in [0.717, 1.165) is 25.9 Å². The van der Waals surface area contributed by atoms with Crippen LogP contribution >= 0.6 is 0 Å². The SMILES string of the molecule is O=C(N/N=C\c1ccco1)c1cn(C2CC2)c2cc(N3CCNCC3)c(F)cc2c1=O. The number of furan rings is 1. The van der Waals surface area contributed by atoms with Gasteiger partial charge in [0.1, 0.15) is 17.1 Å². The summed E-state index contributed by atoms with van der Waals surface area (Å²) in [4.78, 5) is 27.7. The van der Waals surface area contributed by atoms with Gasteiger partial charge >= 0.3 is 0 Å². The summed E-state index contributed by atoms with van der Waals surface area (Å²) < 4.78 is 22.0. The number of benzene rings is 1. The lowest BCUT2D eigenvalue weighted by Crippen LogP contribution is -2.43. The van der Waals surface area contributed by atoms with Crippen molar-refractivity contribution in [1.29, 1.82) is 0 Å². The number of hydrazone groups is 1. The predicted octanol–water partition coefficient (Wildman–Crippen LogP) is 2.24. The number of anilines is 1. The molecule has 0 atom stereocenters. The van der Waals surface area contributed by atoms with E-state index in [2.05, 4.69) is 15.8 Å². The maximum absolute atomic E-state index is 15.0. The number of hydrogen-bond donors (Lipinski definition) is 2. The second-order valence-electron chi connectivity index (χ2n) is 7.78. The van der Waals surface area contributed by atoms with Crippen LogP contribution in [0.25, 0.3) is 10.9 Å². The van der Waals surface area contributed by atoms with Crippen molar-refractivity contribution >= 4 is 28.7 Å². The lowest BCUT2D eigenvalue weighted by Gasteiger charge is -2.30. The molecule has 5 rings (SSSR count). The summed E-state index contributed by atoms with van der Waals surface area (Å²) in [5, 5.41) is 7.30. The molecule has 3 heterocycles. The Hall–Kier alpha value is -3.46. The third-order valence-corrected chi connectivity index (χ3v) is 5.64. The van der Waals surface area contributed by atoms with Crippen LogP contribution < -0.4 is 21.1 Å². The molecule has 31 heavy (non-hydrogen) atoms. The van der Waals surface area contributed by atoms with E-state index in [0.29, 0.717) is 30.1 Å². The van der Waals surface area contributed by atoms with Crippen molar-refractivity contribution in [2.24, 2.45) is 5.10 Å². The Kier molecular flexibility index (Phi) is 5.03. The van der Waals surface area contributed by atoms with Gasteiger partial charge < -0.3 is 19.2 Å². The van der Waals surface area contributed by atoms with Gasteiger partial charge in [-0.25, -0.2) is 9.82 Å². The Morgan fingerprint density at radius 3 is 2.81 bits per heavy atom. The number of aromatic nitrogens is 1. The van der Waals surface area contributed by atoms with Gasteiger partial charge in [-0.1, -0.05) is 0 Å². The highest BCUT2D eigenvalue weighted by molar-refractivity contribution is 5.98. The van der Waals surface area contributed by atoms with Gasteiger partial charge in [0, 0.05) is 43.8 Å². The van der Waals surface area contributed by atoms with Crippen LogP contribution in [0.3, 0.4) is 0 Å². The average Bonchev–Trinajstić information content (AvgIpc) is 3.50. The topological polar surface area (TPSA) is 91.9 Å². The van der Waals surface area contributed by atoms with E-state index in [1.807, 2.05) is 9.47 Å². The molecule has 1 saturated heterocycles. The fourth-order valence-corrected chi connectivity index (χ4v) is 3.90. The van der Waals surface area contributed by atoms with Gasteiger partial charge in [0.15, 0.2) is 0 Å². The van der Waals surface area contributed by atoms with E-state index in [9.17, 15) is 14.0 Å². The number of nitrogens with one attached hydrogen (secondary N) is 2. The Bertz CT molecular complexity index is 1210. The van der Waals surface area contributed by atoms with Gasteiger partial charge in [-0.15, -0.1) is 0 Å². The Labute approximate surface area is 177 Å². The first kappa shape index (κ1) is 19.5. The molecule has 2 aliphatic rings. The summed E-state index contributed by atoms with van der Waals surface area (Å²) in [6, 6.07) is 6.58. The third kappa shape index (κ3) is 3.84. The maximum atomic E-state index is 15.0. The molecule has 1 amide bonds. The van der Waals surface area contributed by atoms with Gasteiger partial charge in [-0.05, 0) is 37.1 Å². The van der Waals surface area contributed by atoms with Crippen molar-refractivity contribution in [3.05, 3.63) is 64.1 Å². The van der Waals surface area contributed by atoms with Crippen molar-refractivity contribution < 1.29 is 13.6 Å². The summed E-state index contributed by atoms with van der Waals surface area (Å²) in [5.74, 6) is -0.630. The number of carbonyl (C=O) groups excluding carboxylic acids is 1. The molecule has 1 aliphatic heterocycles.